The summed E-state index contributed by atoms with van der Waals surface area (Å²) in [7, 11) is -2.52. The fraction of sp³-hybridized carbons (Fsp3) is 0.143. The van der Waals surface area contributed by atoms with Crippen LogP contribution in [0.3, 0.4) is 0 Å². The zero-order chi connectivity index (χ0) is 14.8. The van der Waals surface area contributed by atoms with Crippen molar-refractivity contribution in [2.75, 3.05) is 7.05 Å². The Balaban J connectivity index is 2.29. The molecule has 0 radical (unpaired) electrons. The number of hydrogen-bond acceptors (Lipinski definition) is 2. The molecule has 0 heterocycles. The van der Waals surface area contributed by atoms with Crippen LogP contribution in [0.4, 0.5) is 8.78 Å². The van der Waals surface area contributed by atoms with Gasteiger partial charge in [-0.2, -0.15) is 4.31 Å². The number of hydrogen-bond donors (Lipinski definition) is 0. The Morgan fingerprint density at radius 3 is 2.40 bits per heavy atom. The first-order valence-corrected chi connectivity index (χ1v) is 7.30. The molecule has 0 amide bonds. The van der Waals surface area contributed by atoms with Gasteiger partial charge >= 0.3 is 0 Å². The Bertz CT molecular complexity index is 717. The molecule has 0 atom stereocenters. The van der Waals surface area contributed by atoms with Gasteiger partial charge in [0.1, 0.15) is 11.6 Å². The maximum atomic E-state index is 13.5. The minimum atomic E-state index is -3.85. The van der Waals surface area contributed by atoms with Crippen LogP contribution in [0, 0.1) is 11.6 Å². The zero-order valence-electron chi connectivity index (χ0n) is 10.8. The van der Waals surface area contributed by atoms with E-state index in [4.69, 9.17) is 0 Å². The summed E-state index contributed by atoms with van der Waals surface area (Å²) in [4.78, 5) is -0.156. The van der Waals surface area contributed by atoms with Crippen LogP contribution in [0.15, 0.2) is 53.4 Å². The second-order valence-electron chi connectivity index (χ2n) is 4.31. The third kappa shape index (κ3) is 3.02. The lowest BCUT2D eigenvalue weighted by Crippen LogP contribution is -2.27. The lowest BCUT2D eigenvalue weighted by molar-refractivity contribution is 0.455. The molecular formula is C14H13F2NO2S. The van der Waals surface area contributed by atoms with Gasteiger partial charge in [0.15, 0.2) is 0 Å². The second kappa shape index (κ2) is 5.68. The molecule has 0 spiro atoms. The molecule has 0 aliphatic heterocycles. The van der Waals surface area contributed by atoms with Crippen molar-refractivity contribution in [2.45, 2.75) is 11.4 Å². The number of halogens is 2. The fourth-order valence-corrected chi connectivity index (χ4v) is 2.94. The largest absolute Gasteiger partial charge is 0.243 e. The highest BCUT2D eigenvalue weighted by atomic mass is 32.2. The van der Waals surface area contributed by atoms with Crippen LogP contribution >= 0.6 is 0 Å². The normalized spacial score (nSPS) is 11.8. The first-order valence-electron chi connectivity index (χ1n) is 5.86. The quantitative estimate of drug-likeness (QED) is 0.870. The van der Waals surface area contributed by atoms with Crippen molar-refractivity contribution in [2.24, 2.45) is 0 Å². The number of sulfonamides is 1. The van der Waals surface area contributed by atoms with Gasteiger partial charge in [0.2, 0.25) is 10.0 Å². The Kier molecular flexibility index (Phi) is 4.15. The highest BCUT2D eigenvalue weighted by Crippen LogP contribution is 2.18. The molecule has 0 N–H and O–H groups in total. The summed E-state index contributed by atoms with van der Waals surface area (Å²) < 4.78 is 52.1. The molecule has 20 heavy (non-hydrogen) atoms. The number of benzene rings is 2. The second-order valence-corrected chi connectivity index (χ2v) is 6.35. The van der Waals surface area contributed by atoms with Gasteiger partial charge in [-0.25, -0.2) is 17.2 Å². The number of rotatable bonds is 4. The molecule has 0 aliphatic carbocycles. The lowest BCUT2D eigenvalue weighted by atomic mass is 10.2. The molecule has 0 aliphatic rings. The summed E-state index contributed by atoms with van der Waals surface area (Å²) in [5, 5.41) is 0. The molecule has 0 bridgehead atoms. The van der Waals surface area contributed by atoms with Crippen molar-refractivity contribution >= 4 is 10.0 Å². The van der Waals surface area contributed by atoms with Gasteiger partial charge < -0.3 is 0 Å². The maximum Gasteiger partial charge on any atom is 0.243 e. The number of nitrogens with zero attached hydrogens (tertiary/aromatic N) is 1. The average Bonchev–Trinajstić information content (AvgIpc) is 2.41. The summed E-state index contributed by atoms with van der Waals surface area (Å²) in [5.74, 6) is -1.11. The van der Waals surface area contributed by atoms with Crippen LogP contribution in [0.1, 0.15) is 5.56 Å². The summed E-state index contributed by atoms with van der Waals surface area (Å²) >= 11 is 0. The van der Waals surface area contributed by atoms with Crippen molar-refractivity contribution in [1.82, 2.24) is 4.31 Å². The summed E-state index contributed by atoms with van der Waals surface area (Å²) in [6.45, 7) is -0.120. The summed E-state index contributed by atoms with van der Waals surface area (Å²) in [5.41, 5.74) is 0.259. The molecule has 2 rings (SSSR count). The van der Waals surface area contributed by atoms with Gasteiger partial charge in [-0.05, 0) is 24.3 Å². The van der Waals surface area contributed by atoms with E-state index in [1.807, 2.05) is 0 Å². The highest BCUT2D eigenvalue weighted by Gasteiger charge is 2.22. The summed E-state index contributed by atoms with van der Waals surface area (Å²) in [6.07, 6.45) is 0. The summed E-state index contributed by atoms with van der Waals surface area (Å²) in [6, 6.07) is 10.6. The predicted octanol–water partition coefficient (Wildman–Crippen LogP) is 2.79. The Labute approximate surface area is 116 Å². The smallest absolute Gasteiger partial charge is 0.207 e. The molecule has 2 aromatic carbocycles. The molecule has 0 fully saturated rings. The predicted molar refractivity (Wildman–Crippen MR) is 71.5 cm³/mol. The van der Waals surface area contributed by atoms with E-state index < -0.39 is 21.7 Å². The van der Waals surface area contributed by atoms with E-state index in [2.05, 4.69) is 0 Å². The Hall–Kier alpha value is -1.79. The van der Waals surface area contributed by atoms with E-state index in [1.54, 1.807) is 6.07 Å². The van der Waals surface area contributed by atoms with Crippen molar-refractivity contribution < 1.29 is 17.2 Å². The molecule has 0 aromatic heterocycles. The fourth-order valence-electron chi connectivity index (χ4n) is 1.76. The van der Waals surface area contributed by atoms with Crippen molar-refractivity contribution in [3.63, 3.8) is 0 Å². The maximum absolute atomic E-state index is 13.5. The van der Waals surface area contributed by atoms with Crippen LogP contribution in [0.25, 0.3) is 0 Å². The van der Waals surface area contributed by atoms with E-state index in [0.717, 1.165) is 16.4 Å². The van der Waals surface area contributed by atoms with Crippen molar-refractivity contribution in [3.05, 3.63) is 65.7 Å². The van der Waals surface area contributed by atoms with Gasteiger partial charge in [-0.15, -0.1) is 0 Å². The van der Waals surface area contributed by atoms with Gasteiger partial charge in [-0.1, -0.05) is 24.3 Å². The van der Waals surface area contributed by atoms with E-state index in [9.17, 15) is 17.2 Å². The van der Waals surface area contributed by atoms with Crippen LogP contribution in [0.2, 0.25) is 0 Å². The van der Waals surface area contributed by atoms with Crippen LogP contribution < -0.4 is 0 Å². The molecule has 0 unspecified atom stereocenters. The third-order valence-electron chi connectivity index (χ3n) is 2.86. The first kappa shape index (κ1) is 14.6. The van der Waals surface area contributed by atoms with E-state index in [0.29, 0.717) is 0 Å². The topological polar surface area (TPSA) is 37.4 Å². The Morgan fingerprint density at radius 1 is 1.05 bits per heavy atom. The molecule has 3 nitrogen and oxygen atoms in total. The molecule has 0 saturated carbocycles. The van der Waals surface area contributed by atoms with Gasteiger partial charge in [0.05, 0.1) is 4.90 Å². The standard InChI is InChI=1S/C14H13F2NO2S/c1-17(10-11-5-2-3-8-14(11)16)20(18,19)13-7-4-6-12(15)9-13/h2-9H,10H2,1H3. The van der Waals surface area contributed by atoms with Gasteiger partial charge in [0.25, 0.3) is 0 Å². The van der Waals surface area contributed by atoms with Gasteiger partial charge in [-0.3, -0.25) is 0 Å². The molecule has 106 valence electrons. The van der Waals surface area contributed by atoms with Gasteiger partial charge in [0, 0.05) is 19.2 Å². The van der Waals surface area contributed by atoms with Crippen molar-refractivity contribution in [1.29, 1.82) is 0 Å². The van der Waals surface area contributed by atoms with Crippen LogP contribution in [-0.2, 0) is 16.6 Å². The molecule has 2 aromatic rings. The minimum Gasteiger partial charge on any atom is -0.207 e. The minimum absolute atomic E-state index is 0.120. The third-order valence-corrected chi connectivity index (χ3v) is 4.65. The van der Waals surface area contributed by atoms with E-state index >= 15 is 0 Å². The molecule has 6 heteroatoms. The van der Waals surface area contributed by atoms with Crippen LogP contribution in [0.5, 0.6) is 0 Å². The van der Waals surface area contributed by atoms with Crippen molar-refractivity contribution in [3.8, 4) is 0 Å². The molecular weight excluding hydrogens is 284 g/mol. The average molecular weight is 297 g/mol. The first-order chi connectivity index (χ1) is 9.41. The van der Waals surface area contributed by atoms with Crippen LogP contribution in [-0.4, -0.2) is 19.8 Å². The Morgan fingerprint density at radius 2 is 1.75 bits per heavy atom. The molecule has 0 saturated heterocycles. The SMILES string of the molecule is CN(Cc1ccccc1F)S(=O)(=O)c1cccc(F)c1. The lowest BCUT2D eigenvalue weighted by Gasteiger charge is -2.17. The monoisotopic (exact) mass is 297 g/mol. The van der Waals surface area contributed by atoms with E-state index in [1.165, 1.54) is 37.4 Å². The zero-order valence-corrected chi connectivity index (χ0v) is 11.6. The highest BCUT2D eigenvalue weighted by molar-refractivity contribution is 7.89. The van der Waals surface area contributed by atoms with E-state index in [-0.39, 0.29) is 17.0 Å².